The van der Waals surface area contributed by atoms with Crippen molar-refractivity contribution < 1.29 is 14.6 Å². The number of carbonyl (C=O) groups is 1. The first kappa shape index (κ1) is 17.0. The molecular formula is C20H20N2O3S. The number of hydrogen-bond acceptors (Lipinski definition) is 5. The van der Waals surface area contributed by atoms with Gasteiger partial charge in [0, 0.05) is 6.54 Å². The molecule has 1 aliphatic rings. The lowest BCUT2D eigenvalue weighted by Gasteiger charge is -2.34. The second-order valence-electron chi connectivity index (χ2n) is 6.31. The quantitative estimate of drug-likeness (QED) is 0.764. The van der Waals surface area contributed by atoms with Crippen molar-refractivity contribution in [2.24, 2.45) is 0 Å². The fourth-order valence-electron chi connectivity index (χ4n) is 3.22. The van der Waals surface area contributed by atoms with Gasteiger partial charge in [0.2, 0.25) is 0 Å². The number of carbonyl (C=O) groups excluding carboxylic acids is 1. The molecule has 6 heteroatoms. The standard InChI is InChI=1S/C20H20N2O3S/c1-2-13-7-8-14(17(23)11-13)20(24)22-9-10-25-12-16(22)19-21-15-5-3-4-6-18(15)26-19/h3-8,11,16,23H,2,9-10,12H2,1H3. The number of amides is 1. The summed E-state index contributed by atoms with van der Waals surface area (Å²) < 4.78 is 6.72. The third-order valence-corrected chi connectivity index (χ3v) is 5.82. The maximum Gasteiger partial charge on any atom is 0.258 e. The van der Waals surface area contributed by atoms with Crippen LogP contribution in [0.3, 0.4) is 0 Å². The monoisotopic (exact) mass is 368 g/mol. The molecule has 1 aromatic heterocycles. The van der Waals surface area contributed by atoms with Crippen LogP contribution in [0.5, 0.6) is 5.75 Å². The molecule has 1 saturated heterocycles. The van der Waals surface area contributed by atoms with Gasteiger partial charge in [-0.1, -0.05) is 25.1 Å². The maximum atomic E-state index is 13.1. The van der Waals surface area contributed by atoms with Crippen LogP contribution in [0.25, 0.3) is 10.2 Å². The van der Waals surface area contributed by atoms with Crippen molar-refractivity contribution in [2.75, 3.05) is 19.8 Å². The second-order valence-corrected chi connectivity index (χ2v) is 7.38. The molecule has 5 nitrogen and oxygen atoms in total. The molecular weight excluding hydrogens is 348 g/mol. The van der Waals surface area contributed by atoms with Crippen LogP contribution in [0.2, 0.25) is 0 Å². The predicted octanol–water partition coefficient (Wildman–Crippen LogP) is 3.78. The Morgan fingerprint density at radius 1 is 1.35 bits per heavy atom. The Morgan fingerprint density at radius 2 is 2.19 bits per heavy atom. The second kappa shape index (κ2) is 7.05. The fourth-order valence-corrected chi connectivity index (χ4v) is 4.28. The SMILES string of the molecule is CCc1ccc(C(=O)N2CCOCC2c2nc3ccccc3s2)c(O)c1. The molecule has 26 heavy (non-hydrogen) atoms. The average Bonchev–Trinajstić information content (AvgIpc) is 3.11. The van der Waals surface area contributed by atoms with E-state index in [2.05, 4.69) is 0 Å². The van der Waals surface area contributed by atoms with E-state index in [0.29, 0.717) is 25.3 Å². The first-order valence-corrected chi connectivity index (χ1v) is 9.55. The highest BCUT2D eigenvalue weighted by Crippen LogP contribution is 2.33. The van der Waals surface area contributed by atoms with Crippen molar-refractivity contribution in [3.05, 3.63) is 58.6 Å². The summed E-state index contributed by atoms with van der Waals surface area (Å²) in [6.07, 6.45) is 0.813. The van der Waals surface area contributed by atoms with Crippen LogP contribution in [0.1, 0.15) is 33.9 Å². The number of ether oxygens (including phenoxy) is 1. The van der Waals surface area contributed by atoms with E-state index in [-0.39, 0.29) is 17.7 Å². The lowest BCUT2D eigenvalue weighted by Crippen LogP contribution is -2.43. The van der Waals surface area contributed by atoms with Crippen molar-refractivity contribution in [3.8, 4) is 5.75 Å². The van der Waals surface area contributed by atoms with Crippen LogP contribution in [0, 0.1) is 0 Å². The van der Waals surface area contributed by atoms with Gasteiger partial charge in [0.15, 0.2) is 0 Å². The lowest BCUT2D eigenvalue weighted by molar-refractivity contribution is -0.00283. The Kier molecular flexibility index (Phi) is 4.61. The number of morpholine rings is 1. The van der Waals surface area contributed by atoms with E-state index in [1.807, 2.05) is 37.3 Å². The highest BCUT2D eigenvalue weighted by Gasteiger charge is 2.32. The van der Waals surface area contributed by atoms with Crippen LogP contribution < -0.4 is 0 Å². The summed E-state index contributed by atoms with van der Waals surface area (Å²) in [7, 11) is 0. The zero-order chi connectivity index (χ0) is 18.1. The summed E-state index contributed by atoms with van der Waals surface area (Å²) in [4.78, 5) is 19.6. The van der Waals surface area contributed by atoms with Crippen LogP contribution >= 0.6 is 11.3 Å². The first-order valence-electron chi connectivity index (χ1n) is 8.73. The number of benzene rings is 2. The molecule has 1 unspecified atom stereocenters. The van der Waals surface area contributed by atoms with Gasteiger partial charge in [-0.25, -0.2) is 4.98 Å². The Bertz CT molecular complexity index is 920. The molecule has 4 rings (SSSR count). The number of fused-ring (bicyclic) bond motifs is 1. The molecule has 1 fully saturated rings. The van der Waals surface area contributed by atoms with E-state index < -0.39 is 0 Å². The normalized spacial score (nSPS) is 17.6. The molecule has 0 bridgehead atoms. The molecule has 1 amide bonds. The molecule has 0 aliphatic carbocycles. The Balaban J connectivity index is 1.67. The number of para-hydroxylation sites is 1. The molecule has 134 valence electrons. The number of thiazole rings is 1. The van der Waals surface area contributed by atoms with Gasteiger partial charge in [0.25, 0.3) is 5.91 Å². The third kappa shape index (κ3) is 3.06. The summed E-state index contributed by atoms with van der Waals surface area (Å²) in [6.45, 7) is 3.40. The number of rotatable bonds is 3. The molecule has 1 aliphatic heterocycles. The molecule has 1 N–H and O–H groups in total. The van der Waals surface area contributed by atoms with Crippen LogP contribution in [-0.2, 0) is 11.2 Å². The van der Waals surface area contributed by atoms with Gasteiger partial charge in [-0.05, 0) is 36.2 Å². The summed E-state index contributed by atoms with van der Waals surface area (Å²) >= 11 is 1.58. The maximum absolute atomic E-state index is 13.1. The van der Waals surface area contributed by atoms with Gasteiger partial charge in [-0.2, -0.15) is 0 Å². The number of phenolic OH excluding ortho intramolecular Hbond substituents is 1. The van der Waals surface area contributed by atoms with E-state index in [1.165, 1.54) is 0 Å². The highest BCUT2D eigenvalue weighted by molar-refractivity contribution is 7.18. The molecule has 1 atom stereocenters. The lowest BCUT2D eigenvalue weighted by atomic mass is 10.1. The predicted molar refractivity (Wildman–Crippen MR) is 102 cm³/mol. The number of aryl methyl sites for hydroxylation is 1. The van der Waals surface area contributed by atoms with Crippen molar-refractivity contribution in [3.63, 3.8) is 0 Å². The van der Waals surface area contributed by atoms with Crippen molar-refractivity contribution >= 4 is 27.5 Å². The number of nitrogens with zero attached hydrogens (tertiary/aromatic N) is 2. The molecule has 2 heterocycles. The summed E-state index contributed by atoms with van der Waals surface area (Å²) in [5, 5.41) is 11.2. The topological polar surface area (TPSA) is 62.7 Å². The van der Waals surface area contributed by atoms with Gasteiger partial charge >= 0.3 is 0 Å². The summed E-state index contributed by atoms with van der Waals surface area (Å²) in [6, 6.07) is 13.0. The number of hydrogen-bond donors (Lipinski definition) is 1. The Hall–Kier alpha value is -2.44. The summed E-state index contributed by atoms with van der Waals surface area (Å²) in [5.41, 5.74) is 2.26. The number of aromatic hydroxyl groups is 1. The zero-order valence-corrected chi connectivity index (χ0v) is 15.3. The van der Waals surface area contributed by atoms with Crippen LogP contribution in [0.4, 0.5) is 0 Å². The Morgan fingerprint density at radius 3 is 2.96 bits per heavy atom. The van der Waals surface area contributed by atoms with Crippen molar-refractivity contribution in [1.82, 2.24) is 9.88 Å². The smallest absolute Gasteiger partial charge is 0.258 e. The van der Waals surface area contributed by atoms with Gasteiger partial charge in [-0.15, -0.1) is 11.3 Å². The van der Waals surface area contributed by atoms with Crippen molar-refractivity contribution in [1.29, 1.82) is 0 Å². The van der Waals surface area contributed by atoms with E-state index in [1.54, 1.807) is 28.4 Å². The molecule has 3 aromatic rings. The summed E-state index contributed by atoms with van der Waals surface area (Å²) in [5.74, 6) is -0.151. The van der Waals surface area contributed by atoms with E-state index >= 15 is 0 Å². The minimum Gasteiger partial charge on any atom is -0.507 e. The van der Waals surface area contributed by atoms with E-state index in [4.69, 9.17) is 9.72 Å². The minimum absolute atomic E-state index is 0.0314. The van der Waals surface area contributed by atoms with Gasteiger partial charge < -0.3 is 14.7 Å². The van der Waals surface area contributed by atoms with Crippen LogP contribution in [0.15, 0.2) is 42.5 Å². The van der Waals surface area contributed by atoms with E-state index in [9.17, 15) is 9.90 Å². The highest BCUT2D eigenvalue weighted by atomic mass is 32.1. The van der Waals surface area contributed by atoms with E-state index in [0.717, 1.165) is 27.2 Å². The molecule has 2 aromatic carbocycles. The number of aromatic nitrogens is 1. The molecule has 0 radical (unpaired) electrons. The molecule has 0 spiro atoms. The molecule has 0 saturated carbocycles. The Labute approximate surface area is 155 Å². The average molecular weight is 368 g/mol. The fraction of sp³-hybridized carbons (Fsp3) is 0.300. The largest absolute Gasteiger partial charge is 0.507 e. The third-order valence-electron chi connectivity index (χ3n) is 4.69. The zero-order valence-electron chi connectivity index (χ0n) is 14.5. The minimum atomic E-state index is -0.237. The number of phenols is 1. The van der Waals surface area contributed by atoms with Gasteiger partial charge in [-0.3, -0.25) is 4.79 Å². The first-order chi connectivity index (χ1) is 12.7. The van der Waals surface area contributed by atoms with Crippen LogP contribution in [-0.4, -0.2) is 40.7 Å². The van der Waals surface area contributed by atoms with Gasteiger partial charge in [0.05, 0.1) is 29.0 Å². The van der Waals surface area contributed by atoms with Crippen molar-refractivity contribution in [2.45, 2.75) is 19.4 Å². The van der Waals surface area contributed by atoms with Gasteiger partial charge in [0.1, 0.15) is 16.8 Å².